The van der Waals surface area contributed by atoms with E-state index in [2.05, 4.69) is 22.9 Å². The van der Waals surface area contributed by atoms with Crippen molar-refractivity contribution in [2.75, 3.05) is 19.8 Å². The van der Waals surface area contributed by atoms with Gasteiger partial charge in [0.05, 0.1) is 6.54 Å². The third kappa shape index (κ3) is 3.13. The molecule has 20 heavy (non-hydrogen) atoms. The average molecular weight is 296 g/mol. The lowest BCUT2D eigenvalue weighted by Gasteiger charge is -2.36. The van der Waals surface area contributed by atoms with Gasteiger partial charge >= 0.3 is 5.13 Å². The Hall–Kier alpha value is -1.12. The van der Waals surface area contributed by atoms with Gasteiger partial charge < -0.3 is 10.3 Å². The summed E-state index contributed by atoms with van der Waals surface area (Å²) in [5.74, 6) is 0. The van der Waals surface area contributed by atoms with E-state index < -0.39 is 10.9 Å². The zero-order chi connectivity index (χ0) is 14.6. The van der Waals surface area contributed by atoms with Crippen LogP contribution in [0.25, 0.3) is 0 Å². The van der Waals surface area contributed by atoms with Crippen molar-refractivity contribution in [3.63, 3.8) is 0 Å². The molecular formula is C13H20N4O2S. The molecule has 1 aromatic rings. The lowest BCUT2D eigenvalue weighted by Crippen LogP contribution is -2.48. The molecule has 110 valence electrons. The van der Waals surface area contributed by atoms with Crippen molar-refractivity contribution in [1.29, 1.82) is 0 Å². The minimum Gasteiger partial charge on any atom is -0.623 e. The molecule has 0 spiro atoms. The van der Waals surface area contributed by atoms with Crippen LogP contribution in [-0.4, -0.2) is 46.2 Å². The fourth-order valence-corrected chi connectivity index (χ4v) is 3.11. The van der Waals surface area contributed by atoms with Crippen molar-refractivity contribution in [2.45, 2.75) is 26.0 Å². The first kappa shape index (κ1) is 15.3. The summed E-state index contributed by atoms with van der Waals surface area (Å²) in [4.78, 5) is 1.87. The van der Waals surface area contributed by atoms with Gasteiger partial charge in [-0.05, 0) is 24.7 Å². The Morgan fingerprint density at radius 2 is 2.40 bits per heavy atom. The molecule has 6 nitrogen and oxygen atoms in total. The Balaban J connectivity index is 2.08. The van der Waals surface area contributed by atoms with Crippen LogP contribution in [0.5, 0.6) is 0 Å². The smallest absolute Gasteiger partial charge is 0.309 e. The van der Waals surface area contributed by atoms with Crippen molar-refractivity contribution in [1.82, 2.24) is 19.7 Å². The summed E-state index contributed by atoms with van der Waals surface area (Å²) in [6.45, 7) is 6.74. The molecule has 1 aliphatic rings. The van der Waals surface area contributed by atoms with E-state index in [-0.39, 0.29) is 6.67 Å². The molecule has 2 atom stereocenters. The number of quaternary nitrogens is 1. The second-order valence-electron chi connectivity index (χ2n) is 4.83. The molecule has 1 fully saturated rings. The molecule has 0 saturated carbocycles. The summed E-state index contributed by atoms with van der Waals surface area (Å²) in [6.07, 6.45) is 6.42. The molecule has 0 aromatic carbocycles. The van der Waals surface area contributed by atoms with E-state index in [1.165, 1.54) is 11.3 Å². The number of β-amino-alcohol motifs (C(OH)–C–C–N with tert-alkyl or cyclic N) is 1. The van der Waals surface area contributed by atoms with Gasteiger partial charge in [-0.3, -0.25) is 4.65 Å². The molecule has 1 saturated heterocycles. The number of aryl methyl sites for hydroxylation is 1. The van der Waals surface area contributed by atoms with Gasteiger partial charge in [-0.1, -0.05) is 23.3 Å². The van der Waals surface area contributed by atoms with E-state index in [9.17, 15) is 10.3 Å². The largest absolute Gasteiger partial charge is 0.623 e. The predicted molar refractivity (Wildman–Crippen MR) is 80.8 cm³/mol. The van der Waals surface area contributed by atoms with Crippen LogP contribution in [0.2, 0.25) is 0 Å². The number of aliphatic hydroxyl groups excluding tert-OH is 1. The lowest BCUT2D eigenvalue weighted by atomic mass is 10.3. The summed E-state index contributed by atoms with van der Waals surface area (Å²) in [5.41, 5.74) is 0. The molecule has 1 N–H and O–H groups in total. The van der Waals surface area contributed by atoms with E-state index in [1.807, 2.05) is 17.9 Å². The molecule has 7 heteroatoms. The second kappa shape index (κ2) is 6.55. The first-order valence-electron chi connectivity index (χ1n) is 6.64. The minimum absolute atomic E-state index is 0.191. The Labute approximate surface area is 122 Å². The van der Waals surface area contributed by atoms with Gasteiger partial charge in [0, 0.05) is 13.0 Å². The number of rotatable bonds is 6. The molecule has 2 rings (SSSR count). The van der Waals surface area contributed by atoms with E-state index in [0.29, 0.717) is 18.2 Å². The summed E-state index contributed by atoms with van der Waals surface area (Å²) >= 11 is 1.29. The van der Waals surface area contributed by atoms with Crippen LogP contribution in [0.1, 0.15) is 18.4 Å². The van der Waals surface area contributed by atoms with Crippen LogP contribution >= 0.6 is 11.3 Å². The van der Waals surface area contributed by atoms with Gasteiger partial charge in [0.25, 0.3) is 0 Å². The highest BCUT2D eigenvalue weighted by Crippen LogP contribution is 2.32. The van der Waals surface area contributed by atoms with Gasteiger partial charge in [-0.25, -0.2) is 4.90 Å². The lowest BCUT2D eigenvalue weighted by molar-refractivity contribution is 0.0844. The first-order chi connectivity index (χ1) is 9.60. The van der Waals surface area contributed by atoms with Crippen molar-refractivity contribution in [3.8, 4) is 0 Å². The zero-order valence-electron chi connectivity index (χ0n) is 11.6. The molecule has 0 bridgehead atoms. The number of aromatic nitrogens is 2. The molecular weight excluding hydrogens is 276 g/mol. The van der Waals surface area contributed by atoms with Crippen molar-refractivity contribution < 1.29 is 5.11 Å². The normalized spacial score (nSPS) is 27.4. The summed E-state index contributed by atoms with van der Waals surface area (Å²) < 4.78 is -0.824. The third-order valence-corrected chi connectivity index (χ3v) is 4.34. The second-order valence-corrected chi connectivity index (χ2v) is 5.87. The topological polar surface area (TPSA) is 72.3 Å². The van der Waals surface area contributed by atoms with Crippen molar-refractivity contribution in [2.24, 2.45) is 0 Å². The number of hydrogen-bond donors (Lipinski definition) is 1. The maximum Gasteiger partial charge on any atom is 0.309 e. The van der Waals surface area contributed by atoms with Gasteiger partial charge in [0.15, 0.2) is 0 Å². The predicted octanol–water partition coefficient (Wildman–Crippen LogP) is 1.63. The maximum absolute atomic E-state index is 12.8. The third-order valence-electron chi connectivity index (χ3n) is 3.24. The van der Waals surface area contributed by atoms with E-state index in [4.69, 9.17) is 0 Å². The molecule has 0 aliphatic carbocycles. The van der Waals surface area contributed by atoms with Crippen LogP contribution < -0.4 is 4.65 Å². The van der Waals surface area contributed by atoms with Gasteiger partial charge in [0.2, 0.25) is 6.23 Å². The molecule has 2 heterocycles. The molecule has 0 radical (unpaired) electrons. The maximum atomic E-state index is 12.8. The van der Waals surface area contributed by atoms with Crippen LogP contribution in [0.4, 0.5) is 5.13 Å². The molecule has 0 amide bonds. The average Bonchev–Trinajstić information content (AvgIpc) is 2.98. The SMILES string of the molecule is C=CCN1CC(O)[N+]([O-])(c2nnc(CCC=CC)s2)C1. The standard InChI is InChI=1S/C13H20N4O2S/c1-3-5-6-7-11-14-15-13(20-11)17(19)10-16(8-4-2)9-12(17)18/h3-5,12,18H,2,6-10H2,1H3. The van der Waals surface area contributed by atoms with Crippen LogP contribution in [-0.2, 0) is 6.42 Å². The van der Waals surface area contributed by atoms with Crippen LogP contribution in [0, 0.1) is 5.21 Å². The van der Waals surface area contributed by atoms with Crippen molar-refractivity contribution in [3.05, 3.63) is 35.0 Å². The number of hydrogen-bond acceptors (Lipinski definition) is 6. The van der Waals surface area contributed by atoms with Crippen LogP contribution in [0.3, 0.4) is 0 Å². The van der Waals surface area contributed by atoms with Gasteiger partial charge in [-0.15, -0.1) is 11.7 Å². The number of aliphatic hydroxyl groups is 1. The number of allylic oxidation sites excluding steroid dienone is 2. The van der Waals surface area contributed by atoms with E-state index in [1.54, 1.807) is 6.08 Å². The summed E-state index contributed by atoms with van der Waals surface area (Å²) in [7, 11) is 0. The number of nitrogens with zero attached hydrogens (tertiary/aromatic N) is 4. The highest BCUT2D eigenvalue weighted by molar-refractivity contribution is 7.15. The Bertz CT molecular complexity index is 490. The van der Waals surface area contributed by atoms with E-state index in [0.717, 1.165) is 17.8 Å². The number of hydroxylamine groups is 2. The fraction of sp³-hybridized carbons (Fsp3) is 0.538. The first-order valence-corrected chi connectivity index (χ1v) is 7.46. The molecule has 2 unspecified atom stereocenters. The van der Waals surface area contributed by atoms with Gasteiger partial charge in [-0.2, -0.15) is 0 Å². The van der Waals surface area contributed by atoms with Crippen molar-refractivity contribution >= 4 is 16.5 Å². The highest BCUT2D eigenvalue weighted by atomic mass is 32.1. The van der Waals surface area contributed by atoms with Gasteiger partial charge in [0.1, 0.15) is 11.7 Å². The molecule has 1 aliphatic heterocycles. The monoisotopic (exact) mass is 296 g/mol. The zero-order valence-corrected chi connectivity index (χ0v) is 12.4. The summed E-state index contributed by atoms with van der Waals surface area (Å²) in [5, 5.41) is 32.0. The fourth-order valence-electron chi connectivity index (χ4n) is 2.19. The Morgan fingerprint density at radius 1 is 1.60 bits per heavy atom. The quantitative estimate of drug-likeness (QED) is 0.491. The Kier molecular flexibility index (Phi) is 5.00. The summed E-state index contributed by atoms with van der Waals surface area (Å²) in [6, 6.07) is 0. The minimum atomic E-state index is -1.01. The Morgan fingerprint density at radius 3 is 3.10 bits per heavy atom. The molecule has 1 aromatic heterocycles. The van der Waals surface area contributed by atoms with Crippen LogP contribution in [0.15, 0.2) is 24.8 Å². The van der Waals surface area contributed by atoms with E-state index >= 15 is 0 Å². The highest BCUT2D eigenvalue weighted by Gasteiger charge is 2.42.